The number of halogens is 3. The van der Waals surface area contributed by atoms with Crippen LogP contribution in [0.5, 0.6) is 0 Å². The van der Waals surface area contributed by atoms with Crippen LogP contribution < -0.4 is 5.56 Å². The zero-order valence-corrected chi connectivity index (χ0v) is 18.2. The lowest BCUT2D eigenvalue weighted by molar-refractivity contribution is -0.159. The molecule has 8 nitrogen and oxygen atoms in total. The lowest BCUT2D eigenvalue weighted by atomic mass is 10.0. The van der Waals surface area contributed by atoms with E-state index in [1.807, 2.05) is 6.07 Å². The van der Waals surface area contributed by atoms with Gasteiger partial charge in [0.25, 0.3) is 11.5 Å². The molecule has 1 amide bonds. The fourth-order valence-corrected chi connectivity index (χ4v) is 3.92. The van der Waals surface area contributed by atoms with Crippen LogP contribution in [0.4, 0.5) is 13.2 Å². The molecule has 0 N–H and O–H groups in total. The minimum atomic E-state index is -4.71. The predicted molar refractivity (Wildman–Crippen MR) is 117 cm³/mol. The molecular formula is C24H18F3N5O3. The molecule has 2 aromatic carbocycles. The summed E-state index contributed by atoms with van der Waals surface area (Å²) in [5.41, 5.74) is 2.66. The fourth-order valence-electron chi connectivity index (χ4n) is 3.92. The van der Waals surface area contributed by atoms with E-state index in [9.17, 15) is 22.8 Å². The van der Waals surface area contributed by atoms with Crippen LogP contribution in [0.1, 0.15) is 33.1 Å². The number of carbonyl (C=O) groups excluding carboxylic acids is 1. The Labute approximate surface area is 196 Å². The van der Waals surface area contributed by atoms with Gasteiger partial charge < -0.3 is 9.42 Å². The van der Waals surface area contributed by atoms with Crippen molar-refractivity contribution in [2.75, 3.05) is 6.54 Å². The minimum absolute atomic E-state index is 0.105. The second-order valence-corrected chi connectivity index (χ2v) is 8.06. The highest BCUT2D eigenvalue weighted by Gasteiger charge is 2.38. The first-order valence-corrected chi connectivity index (χ1v) is 10.7. The van der Waals surface area contributed by atoms with Crippen molar-refractivity contribution in [3.63, 3.8) is 0 Å². The Kier molecular flexibility index (Phi) is 5.67. The minimum Gasteiger partial charge on any atom is -0.332 e. The summed E-state index contributed by atoms with van der Waals surface area (Å²) in [5.74, 6) is -1.69. The van der Waals surface area contributed by atoms with Crippen LogP contribution in [0.2, 0.25) is 0 Å². The molecule has 0 saturated heterocycles. The van der Waals surface area contributed by atoms with Crippen LogP contribution in [0.15, 0.2) is 70.2 Å². The summed E-state index contributed by atoms with van der Waals surface area (Å²) >= 11 is 0. The molecule has 3 heterocycles. The molecule has 178 valence electrons. The summed E-state index contributed by atoms with van der Waals surface area (Å²) in [7, 11) is 0. The van der Waals surface area contributed by atoms with Gasteiger partial charge in [-0.05, 0) is 24.1 Å². The number of fused-ring (bicyclic) bond motifs is 1. The molecule has 1 aliphatic rings. The van der Waals surface area contributed by atoms with Gasteiger partial charge >= 0.3 is 12.1 Å². The van der Waals surface area contributed by atoms with Gasteiger partial charge in [-0.25, -0.2) is 4.98 Å². The molecule has 0 saturated carbocycles. The summed E-state index contributed by atoms with van der Waals surface area (Å²) in [6.45, 7) is 0.908. The number of amides is 1. The van der Waals surface area contributed by atoms with E-state index >= 15 is 0 Å². The molecule has 2 aromatic heterocycles. The average molecular weight is 481 g/mol. The van der Waals surface area contributed by atoms with Crippen molar-refractivity contribution >= 4 is 5.91 Å². The van der Waals surface area contributed by atoms with Crippen LogP contribution in [0.3, 0.4) is 0 Å². The standard InChI is InChI=1S/C24H18F3N5O3/c25-24(26,27)23-29-20(30-35-23)16-8-6-15(7-9-16)12-32-14-28-19-13-31(11-10-18(19)22(32)34)21(33)17-4-2-1-3-5-17/h1-9,14H,10-13H2. The summed E-state index contributed by atoms with van der Waals surface area (Å²) in [5, 5.41) is 3.37. The molecule has 1 aliphatic heterocycles. The molecule has 35 heavy (non-hydrogen) atoms. The maximum atomic E-state index is 13.0. The molecule has 0 radical (unpaired) electrons. The third-order valence-electron chi connectivity index (χ3n) is 5.73. The van der Waals surface area contributed by atoms with E-state index in [0.29, 0.717) is 35.3 Å². The zero-order valence-electron chi connectivity index (χ0n) is 18.2. The van der Waals surface area contributed by atoms with E-state index in [2.05, 4.69) is 19.6 Å². The monoisotopic (exact) mass is 481 g/mol. The molecule has 11 heteroatoms. The van der Waals surface area contributed by atoms with Gasteiger partial charge in [0.05, 0.1) is 25.1 Å². The summed E-state index contributed by atoms with van der Waals surface area (Å²) in [6.07, 6.45) is -2.86. The van der Waals surface area contributed by atoms with Crippen molar-refractivity contribution < 1.29 is 22.5 Å². The second kappa shape index (κ2) is 8.82. The van der Waals surface area contributed by atoms with Crippen LogP contribution >= 0.6 is 0 Å². The van der Waals surface area contributed by atoms with E-state index in [4.69, 9.17) is 0 Å². The van der Waals surface area contributed by atoms with Gasteiger partial charge in [0.15, 0.2) is 0 Å². The highest BCUT2D eigenvalue weighted by Crippen LogP contribution is 2.29. The third-order valence-corrected chi connectivity index (χ3v) is 5.73. The number of aromatic nitrogens is 4. The predicted octanol–water partition coefficient (Wildman–Crippen LogP) is 3.56. The molecule has 0 fully saturated rings. The topological polar surface area (TPSA) is 94.1 Å². The molecule has 0 unspecified atom stereocenters. The van der Waals surface area contributed by atoms with Crippen molar-refractivity contribution in [3.05, 3.63) is 99.6 Å². The number of carbonyl (C=O) groups is 1. The SMILES string of the molecule is O=C(c1ccccc1)N1CCc2c(ncn(Cc3ccc(-c4noc(C(F)(F)F)n4)cc3)c2=O)C1. The van der Waals surface area contributed by atoms with Crippen LogP contribution in [0, 0.1) is 0 Å². The van der Waals surface area contributed by atoms with Gasteiger partial charge in [0.2, 0.25) is 5.82 Å². The largest absolute Gasteiger partial charge is 0.471 e. The lowest BCUT2D eigenvalue weighted by Gasteiger charge is -2.28. The van der Waals surface area contributed by atoms with Gasteiger partial charge in [-0.3, -0.25) is 14.2 Å². The Balaban J connectivity index is 1.30. The molecular weight excluding hydrogens is 463 g/mol. The van der Waals surface area contributed by atoms with Crippen molar-refractivity contribution in [1.29, 1.82) is 0 Å². The molecule has 0 atom stereocenters. The first-order chi connectivity index (χ1) is 16.8. The van der Waals surface area contributed by atoms with Crippen LogP contribution in [-0.4, -0.2) is 37.0 Å². The van der Waals surface area contributed by atoms with Gasteiger partial charge in [-0.2, -0.15) is 18.2 Å². The van der Waals surface area contributed by atoms with Crippen molar-refractivity contribution in [2.45, 2.75) is 25.7 Å². The first kappa shape index (κ1) is 22.5. The lowest BCUT2D eigenvalue weighted by Crippen LogP contribution is -2.40. The van der Waals surface area contributed by atoms with Gasteiger partial charge in [-0.1, -0.05) is 47.6 Å². The maximum Gasteiger partial charge on any atom is 0.471 e. The number of hydrogen-bond donors (Lipinski definition) is 0. The normalized spacial score (nSPS) is 13.5. The fraction of sp³-hybridized carbons (Fsp3) is 0.208. The molecule has 5 rings (SSSR count). The van der Waals surface area contributed by atoms with Crippen molar-refractivity contribution in [2.24, 2.45) is 0 Å². The number of hydrogen-bond acceptors (Lipinski definition) is 6. The summed E-state index contributed by atoms with van der Waals surface area (Å²) < 4.78 is 43.7. The first-order valence-electron chi connectivity index (χ1n) is 10.7. The number of rotatable bonds is 4. The number of benzene rings is 2. The zero-order chi connectivity index (χ0) is 24.6. The Morgan fingerprint density at radius 2 is 1.80 bits per heavy atom. The van der Waals surface area contributed by atoms with Crippen molar-refractivity contribution in [3.8, 4) is 11.4 Å². The highest BCUT2D eigenvalue weighted by molar-refractivity contribution is 5.94. The molecule has 0 aliphatic carbocycles. The molecule has 0 spiro atoms. The van der Waals surface area contributed by atoms with Gasteiger partial charge in [-0.15, -0.1) is 0 Å². The number of alkyl halides is 3. The van der Waals surface area contributed by atoms with Gasteiger partial charge in [0.1, 0.15) is 0 Å². The Morgan fingerprint density at radius 1 is 1.06 bits per heavy atom. The number of nitrogens with zero attached hydrogens (tertiary/aromatic N) is 5. The quantitative estimate of drug-likeness (QED) is 0.443. The van der Waals surface area contributed by atoms with Crippen LogP contribution in [-0.2, 0) is 25.7 Å². The van der Waals surface area contributed by atoms with E-state index in [1.54, 1.807) is 53.4 Å². The Bertz CT molecular complexity index is 1430. The maximum absolute atomic E-state index is 13.0. The third kappa shape index (κ3) is 4.57. The van der Waals surface area contributed by atoms with E-state index in [-0.39, 0.29) is 30.4 Å². The Hall–Kier alpha value is -4.28. The van der Waals surface area contributed by atoms with Crippen molar-refractivity contribution in [1.82, 2.24) is 24.6 Å². The van der Waals surface area contributed by atoms with E-state index < -0.39 is 12.1 Å². The molecule has 0 bridgehead atoms. The summed E-state index contributed by atoms with van der Waals surface area (Å²) in [6, 6.07) is 15.4. The smallest absolute Gasteiger partial charge is 0.332 e. The van der Waals surface area contributed by atoms with Crippen LogP contribution in [0.25, 0.3) is 11.4 Å². The van der Waals surface area contributed by atoms with E-state index in [1.165, 1.54) is 10.9 Å². The highest BCUT2D eigenvalue weighted by atomic mass is 19.4. The Morgan fingerprint density at radius 3 is 2.49 bits per heavy atom. The van der Waals surface area contributed by atoms with E-state index in [0.717, 1.165) is 5.56 Å². The molecule has 4 aromatic rings. The van der Waals surface area contributed by atoms with Gasteiger partial charge in [0, 0.05) is 23.2 Å². The second-order valence-electron chi connectivity index (χ2n) is 8.06. The summed E-state index contributed by atoms with van der Waals surface area (Å²) in [4.78, 5) is 35.2. The average Bonchev–Trinajstić information content (AvgIpc) is 3.37.